The van der Waals surface area contributed by atoms with E-state index in [9.17, 15) is 5.11 Å². The lowest BCUT2D eigenvalue weighted by Gasteiger charge is -2.31. The molecule has 0 aliphatic heterocycles. The highest BCUT2D eigenvalue weighted by Gasteiger charge is 2.22. The van der Waals surface area contributed by atoms with Gasteiger partial charge in [0.25, 0.3) is 0 Å². The monoisotopic (exact) mass is 218 g/mol. The molecule has 92 valence electrons. The average molecular weight is 218 g/mol. The summed E-state index contributed by atoms with van der Waals surface area (Å²) >= 11 is 0. The Morgan fingerprint density at radius 3 is 2.47 bits per heavy atom. The van der Waals surface area contributed by atoms with Gasteiger partial charge in [-0.25, -0.2) is 0 Å². The maximum absolute atomic E-state index is 9.23. The van der Waals surface area contributed by atoms with Crippen LogP contribution in [-0.4, -0.2) is 62.0 Å². The van der Waals surface area contributed by atoms with Crippen LogP contribution in [-0.2, 0) is 4.74 Å². The van der Waals surface area contributed by atoms with Crippen molar-refractivity contribution in [3.63, 3.8) is 0 Å². The summed E-state index contributed by atoms with van der Waals surface area (Å²) in [5.74, 6) is 0. The number of nitrogens with one attached hydrogen (secondary N) is 1. The molecule has 0 fully saturated rings. The van der Waals surface area contributed by atoms with E-state index >= 15 is 0 Å². The molecular weight excluding hydrogens is 192 g/mol. The van der Waals surface area contributed by atoms with Gasteiger partial charge in [-0.1, -0.05) is 0 Å². The average Bonchev–Trinajstić information content (AvgIpc) is 2.17. The van der Waals surface area contributed by atoms with Crippen LogP contribution >= 0.6 is 0 Å². The van der Waals surface area contributed by atoms with Crippen molar-refractivity contribution in [3.8, 4) is 0 Å². The molecule has 0 radical (unpaired) electrons. The SMILES string of the molecule is CNC(C)(CO)CN(C)CCOC(C)C. The van der Waals surface area contributed by atoms with Crippen molar-refractivity contribution in [3.05, 3.63) is 0 Å². The molecule has 4 heteroatoms. The predicted octanol–water partition coefficient (Wildman–Crippen LogP) is 0.314. The third-order valence-corrected chi connectivity index (χ3v) is 2.50. The van der Waals surface area contributed by atoms with Gasteiger partial charge >= 0.3 is 0 Å². The second kappa shape index (κ2) is 7.17. The van der Waals surface area contributed by atoms with E-state index in [0.717, 1.165) is 19.7 Å². The van der Waals surface area contributed by atoms with Gasteiger partial charge in [0.1, 0.15) is 0 Å². The first-order valence-electron chi connectivity index (χ1n) is 5.53. The van der Waals surface area contributed by atoms with Crippen molar-refractivity contribution in [2.75, 3.05) is 40.4 Å². The minimum Gasteiger partial charge on any atom is -0.394 e. The molecule has 0 saturated carbocycles. The van der Waals surface area contributed by atoms with Gasteiger partial charge in [0.2, 0.25) is 0 Å². The summed E-state index contributed by atoms with van der Waals surface area (Å²) in [6.45, 7) is 8.64. The number of hydrogen-bond acceptors (Lipinski definition) is 4. The normalized spacial score (nSPS) is 16.0. The van der Waals surface area contributed by atoms with Gasteiger partial charge in [-0.15, -0.1) is 0 Å². The molecule has 15 heavy (non-hydrogen) atoms. The van der Waals surface area contributed by atoms with Crippen LogP contribution in [0.2, 0.25) is 0 Å². The quantitative estimate of drug-likeness (QED) is 0.615. The highest BCUT2D eigenvalue weighted by Crippen LogP contribution is 2.03. The van der Waals surface area contributed by atoms with Crippen molar-refractivity contribution in [2.45, 2.75) is 32.4 Å². The molecule has 0 aromatic carbocycles. The highest BCUT2D eigenvalue weighted by atomic mass is 16.5. The van der Waals surface area contributed by atoms with E-state index in [0.29, 0.717) is 0 Å². The minimum atomic E-state index is -0.230. The van der Waals surface area contributed by atoms with Crippen molar-refractivity contribution in [1.82, 2.24) is 10.2 Å². The Kier molecular flexibility index (Phi) is 7.09. The second-order valence-corrected chi connectivity index (χ2v) is 4.63. The van der Waals surface area contributed by atoms with Gasteiger partial charge in [-0.2, -0.15) is 0 Å². The van der Waals surface area contributed by atoms with Gasteiger partial charge < -0.3 is 20.1 Å². The first-order valence-corrected chi connectivity index (χ1v) is 5.53. The number of aliphatic hydroxyl groups is 1. The van der Waals surface area contributed by atoms with Crippen LogP contribution in [0.3, 0.4) is 0 Å². The Hall–Kier alpha value is -0.160. The van der Waals surface area contributed by atoms with Crippen LogP contribution < -0.4 is 5.32 Å². The number of hydrogen-bond donors (Lipinski definition) is 2. The Labute approximate surface area is 93.6 Å². The maximum Gasteiger partial charge on any atom is 0.0623 e. The maximum atomic E-state index is 9.23. The summed E-state index contributed by atoms with van der Waals surface area (Å²) in [6.07, 6.45) is 0.284. The topological polar surface area (TPSA) is 44.7 Å². The Bertz CT molecular complexity index is 159. The molecule has 0 amide bonds. The Balaban J connectivity index is 3.76. The van der Waals surface area contributed by atoms with Crippen molar-refractivity contribution in [1.29, 1.82) is 0 Å². The molecule has 0 rings (SSSR count). The van der Waals surface area contributed by atoms with Crippen LogP contribution in [0.5, 0.6) is 0 Å². The molecule has 0 bridgehead atoms. The zero-order chi connectivity index (χ0) is 11.9. The number of aliphatic hydroxyl groups excluding tert-OH is 1. The number of rotatable bonds is 8. The van der Waals surface area contributed by atoms with Crippen LogP contribution in [0.1, 0.15) is 20.8 Å². The number of nitrogens with zero attached hydrogens (tertiary/aromatic N) is 1. The standard InChI is InChI=1S/C11H26N2O2/c1-10(2)15-7-6-13(5)8-11(3,9-14)12-4/h10,12,14H,6-9H2,1-5H3. The van der Waals surface area contributed by atoms with E-state index < -0.39 is 0 Å². The zero-order valence-electron chi connectivity index (χ0n) is 10.7. The van der Waals surface area contributed by atoms with Crippen LogP contribution in [0.15, 0.2) is 0 Å². The summed E-state index contributed by atoms with van der Waals surface area (Å²) in [5.41, 5.74) is -0.230. The third-order valence-electron chi connectivity index (χ3n) is 2.50. The summed E-state index contributed by atoms with van der Waals surface area (Å²) in [7, 11) is 3.91. The largest absolute Gasteiger partial charge is 0.394 e. The summed E-state index contributed by atoms with van der Waals surface area (Å²) in [5, 5.41) is 12.4. The molecule has 0 aliphatic rings. The molecule has 1 unspecified atom stereocenters. The van der Waals surface area contributed by atoms with Gasteiger partial charge in [-0.05, 0) is 34.9 Å². The first-order chi connectivity index (χ1) is 6.93. The van der Waals surface area contributed by atoms with Crippen molar-refractivity contribution in [2.24, 2.45) is 0 Å². The molecular formula is C11H26N2O2. The van der Waals surface area contributed by atoms with Gasteiger partial charge in [0.05, 0.1) is 24.9 Å². The second-order valence-electron chi connectivity index (χ2n) is 4.63. The van der Waals surface area contributed by atoms with E-state index in [1.807, 2.05) is 34.9 Å². The number of ether oxygens (including phenoxy) is 1. The first kappa shape index (κ1) is 14.8. The summed E-state index contributed by atoms with van der Waals surface area (Å²) in [4.78, 5) is 2.16. The summed E-state index contributed by atoms with van der Waals surface area (Å²) < 4.78 is 5.47. The van der Waals surface area contributed by atoms with Crippen LogP contribution in [0.4, 0.5) is 0 Å². The smallest absolute Gasteiger partial charge is 0.0623 e. The molecule has 0 spiro atoms. The highest BCUT2D eigenvalue weighted by molar-refractivity contribution is 4.83. The molecule has 0 saturated heterocycles. The fourth-order valence-electron chi connectivity index (χ4n) is 1.33. The van der Waals surface area contributed by atoms with Crippen LogP contribution in [0.25, 0.3) is 0 Å². The molecule has 2 N–H and O–H groups in total. The Morgan fingerprint density at radius 2 is 2.07 bits per heavy atom. The molecule has 0 aromatic heterocycles. The lowest BCUT2D eigenvalue weighted by Crippen LogP contribution is -2.52. The van der Waals surface area contributed by atoms with Crippen LogP contribution in [0, 0.1) is 0 Å². The van der Waals surface area contributed by atoms with Gasteiger partial charge in [-0.3, -0.25) is 0 Å². The Morgan fingerprint density at radius 1 is 1.47 bits per heavy atom. The zero-order valence-corrected chi connectivity index (χ0v) is 10.7. The fraction of sp³-hybridized carbons (Fsp3) is 1.00. The van der Waals surface area contributed by atoms with Gasteiger partial charge in [0, 0.05) is 13.1 Å². The van der Waals surface area contributed by atoms with E-state index in [2.05, 4.69) is 10.2 Å². The molecule has 0 heterocycles. The molecule has 0 aliphatic carbocycles. The lowest BCUT2D eigenvalue weighted by molar-refractivity contribution is 0.0546. The summed E-state index contributed by atoms with van der Waals surface area (Å²) in [6, 6.07) is 0. The number of likely N-dealkylation sites (N-methyl/N-ethyl adjacent to an activating group) is 2. The fourth-order valence-corrected chi connectivity index (χ4v) is 1.33. The predicted molar refractivity (Wildman–Crippen MR) is 63.1 cm³/mol. The third kappa shape index (κ3) is 6.84. The minimum absolute atomic E-state index is 0.138. The van der Waals surface area contributed by atoms with Crippen molar-refractivity contribution >= 4 is 0 Å². The lowest BCUT2D eigenvalue weighted by atomic mass is 10.0. The van der Waals surface area contributed by atoms with E-state index in [1.165, 1.54) is 0 Å². The molecule has 4 nitrogen and oxygen atoms in total. The molecule has 0 aromatic rings. The van der Waals surface area contributed by atoms with E-state index in [1.54, 1.807) is 0 Å². The van der Waals surface area contributed by atoms with Gasteiger partial charge in [0.15, 0.2) is 0 Å². The molecule has 1 atom stereocenters. The van der Waals surface area contributed by atoms with E-state index in [-0.39, 0.29) is 18.2 Å². The van der Waals surface area contributed by atoms with E-state index in [4.69, 9.17) is 4.74 Å². The van der Waals surface area contributed by atoms with Crippen molar-refractivity contribution < 1.29 is 9.84 Å².